The maximum Gasteiger partial charge on any atom is 0.101 e. The number of nitrogens with zero attached hydrogens (tertiary/aromatic N) is 1. The van der Waals surface area contributed by atoms with Crippen molar-refractivity contribution in [2.24, 2.45) is 0 Å². The number of hydrogen-bond donors (Lipinski definition) is 1. The van der Waals surface area contributed by atoms with E-state index in [0.717, 1.165) is 18.1 Å². The highest BCUT2D eigenvalue weighted by molar-refractivity contribution is 7.99. The van der Waals surface area contributed by atoms with Crippen LogP contribution in [0.5, 0.6) is 0 Å². The zero-order valence-electron chi connectivity index (χ0n) is 12.6. The molecule has 0 fully saturated rings. The van der Waals surface area contributed by atoms with Gasteiger partial charge in [0.05, 0.1) is 0 Å². The van der Waals surface area contributed by atoms with Gasteiger partial charge in [0.25, 0.3) is 0 Å². The van der Waals surface area contributed by atoms with Gasteiger partial charge in [-0.15, -0.1) is 0 Å². The summed E-state index contributed by atoms with van der Waals surface area (Å²) in [5, 5.41) is 4.48. The fraction of sp³-hybridized carbons (Fsp3) is 0.389. The van der Waals surface area contributed by atoms with Crippen LogP contribution < -0.4 is 5.32 Å². The first-order valence-electron chi connectivity index (χ1n) is 7.80. The minimum absolute atomic E-state index is 0.907. The first-order valence-corrected chi connectivity index (χ1v) is 8.62. The van der Waals surface area contributed by atoms with Gasteiger partial charge in [0.2, 0.25) is 0 Å². The zero-order valence-corrected chi connectivity index (χ0v) is 13.4. The van der Waals surface area contributed by atoms with Crippen molar-refractivity contribution in [3.05, 3.63) is 53.2 Å². The van der Waals surface area contributed by atoms with Crippen molar-refractivity contribution in [3.8, 4) is 0 Å². The highest BCUT2D eigenvalue weighted by atomic mass is 32.2. The van der Waals surface area contributed by atoms with Gasteiger partial charge in [-0.1, -0.05) is 30.8 Å². The molecule has 0 spiro atoms. The molecule has 1 heterocycles. The summed E-state index contributed by atoms with van der Waals surface area (Å²) in [4.78, 5) is 5.87. The van der Waals surface area contributed by atoms with Gasteiger partial charge in [-0.3, -0.25) is 0 Å². The van der Waals surface area contributed by atoms with Crippen LogP contribution in [0.15, 0.2) is 46.5 Å². The minimum atomic E-state index is 0.907. The largest absolute Gasteiger partial charge is 0.313 e. The van der Waals surface area contributed by atoms with Gasteiger partial charge in [0, 0.05) is 17.6 Å². The molecule has 0 radical (unpaired) electrons. The lowest BCUT2D eigenvalue weighted by atomic mass is 10.1. The van der Waals surface area contributed by atoms with Crippen LogP contribution in [0.3, 0.4) is 0 Å². The van der Waals surface area contributed by atoms with E-state index in [0.29, 0.717) is 0 Å². The molecule has 3 heteroatoms. The normalized spacial score (nSPS) is 13.4. The molecule has 0 amide bonds. The Kier molecular flexibility index (Phi) is 4.94. The monoisotopic (exact) mass is 298 g/mol. The summed E-state index contributed by atoms with van der Waals surface area (Å²) in [6, 6.07) is 11.2. The maximum atomic E-state index is 4.57. The third-order valence-electron chi connectivity index (χ3n) is 3.85. The van der Waals surface area contributed by atoms with Crippen molar-refractivity contribution in [1.29, 1.82) is 0 Å². The first kappa shape index (κ1) is 14.6. The number of aromatic nitrogens is 1. The molecular weight excluding hydrogens is 276 g/mol. The topological polar surface area (TPSA) is 24.9 Å². The summed E-state index contributed by atoms with van der Waals surface area (Å²) in [7, 11) is 0. The Morgan fingerprint density at radius 1 is 1.14 bits per heavy atom. The van der Waals surface area contributed by atoms with Crippen LogP contribution in [0.4, 0.5) is 0 Å². The number of fused-ring (bicyclic) bond motifs is 1. The number of aryl methyl sites for hydroxylation is 2. The maximum absolute atomic E-state index is 4.57. The van der Waals surface area contributed by atoms with E-state index in [1.165, 1.54) is 47.3 Å². The molecule has 1 aliphatic carbocycles. The molecule has 1 aliphatic rings. The molecule has 1 aromatic carbocycles. The van der Waals surface area contributed by atoms with E-state index in [1.807, 2.05) is 6.20 Å². The molecule has 0 saturated carbocycles. The summed E-state index contributed by atoms with van der Waals surface area (Å²) < 4.78 is 0. The Balaban J connectivity index is 1.62. The molecule has 1 N–H and O–H groups in total. The first-order chi connectivity index (χ1) is 10.3. The van der Waals surface area contributed by atoms with Gasteiger partial charge in [-0.2, -0.15) is 0 Å². The fourth-order valence-corrected chi connectivity index (χ4v) is 3.54. The summed E-state index contributed by atoms with van der Waals surface area (Å²) in [6.07, 6.45) is 6.94. The van der Waals surface area contributed by atoms with Crippen molar-refractivity contribution < 1.29 is 0 Å². The molecule has 0 unspecified atom stereocenters. The molecule has 2 nitrogen and oxygen atoms in total. The van der Waals surface area contributed by atoms with E-state index >= 15 is 0 Å². The van der Waals surface area contributed by atoms with Crippen LogP contribution in [-0.2, 0) is 19.4 Å². The molecule has 3 rings (SSSR count). The lowest BCUT2D eigenvalue weighted by molar-refractivity contribution is 0.673. The second kappa shape index (κ2) is 7.10. The SMILES string of the molecule is CCCNCc1ccc(Sc2ccc3c(c2)CCC3)nc1. The predicted molar refractivity (Wildman–Crippen MR) is 88.8 cm³/mol. The van der Waals surface area contributed by atoms with Crippen LogP contribution in [0.25, 0.3) is 0 Å². The number of benzene rings is 1. The van der Waals surface area contributed by atoms with Gasteiger partial charge in [0.15, 0.2) is 0 Å². The van der Waals surface area contributed by atoms with Gasteiger partial charge in [0.1, 0.15) is 5.03 Å². The molecule has 0 bridgehead atoms. The number of rotatable bonds is 6. The Morgan fingerprint density at radius 3 is 2.86 bits per heavy atom. The summed E-state index contributed by atoms with van der Waals surface area (Å²) in [5.41, 5.74) is 4.31. The molecule has 0 saturated heterocycles. The Hall–Kier alpha value is -1.32. The smallest absolute Gasteiger partial charge is 0.101 e. The minimum Gasteiger partial charge on any atom is -0.313 e. The van der Waals surface area contributed by atoms with Crippen LogP contribution in [0, 0.1) is 0 Å². The summed E-state index contributed by atoms with van der Waals surface area (Å²) in [5.74, 6) is 0. The number of nitrogens with one attached hydrogen (secondary N) is 1. The third-order valence-corrected chi connectivity index (χ3v) is 4.79. The van der Waals surface area contributed by atoms with Crippen molar-refractivity contribution >= 4 is 11.8 Å². The standard InChI is InChI=1S/C18H22N2S/c1-2-10-19-12-14-6-9-18(20-13-14)21-17-8-7-15-4-3-5-16(15)11-17/h6-9,11,13,19H,2-5,10,12H2,1H3. The average Bonchev–Trinajstić information content (AvgIpc) is 2.97. The number of hydrogen-bond acceptors (Lipinski definition) is 3. The van der Waals surface area contributed by atoms with Crippen LogP contribution >= 0.6 is 11.8 Å². The van der Waals surface area contributed by atoms with Crippen LogP contribution in [0.1, 0.15) is 36.5 Å². The van der Waals surface area contributed by atoms with Crippen LogP contribution in [0.2, 0.25) is 0 Å². The van der Waals surface area contributed by atoms with E-state index in [2.05, 4.69) is 47.6 Å². The van der Waals surface area contributed by atoms with E-state index in [4.69, 9.17) is 0 Å². The van der Waals surface area contributed by atoms with E-state index in [-0.39, 0.29) is 0 Å². The lowest BCUT2D eigenvalue weighted by Gasteiger charge is -2.06. The molecule has 0 aliphatic heterocycles. The van der Waals surface area contributed by atoms with Gasteiger partial charge < -0.3 is 5.32 Å². The average molecular weight is 298 g/mol. The summed E-state index contributed by atoms with van der Waals surface area (Å²) in [6.45, 7) is 4.15. The van der Waals surface area contributed by atoms with Crippen molar-refractivity contribution in [2.45, 2.75) is 49.1 Å². The molecule has 110 valence electrons. The van der Waals surface area contributed by atoms with Gasteiger partial charge in [-0.25, -0.2) is 4.98 Å². The van der Waals surface area contributed by atoms with Crippen molar-refractivity contribution in [2.75, 3.05) is 6.54 Å². The summed E-state index contributed by atoms with van der Waals surface area (Å²) >= 11 is 1.76. The predicted octanol–water partition coefficient (Wildman–Crippen LogP) is 4.22. The Labute approximate surface area is 131 Å². The Morgan fingerprint density at radius 2 is 2.05 bits per heavy atom. The second-order valence-corrected chi connectivity index (χ2v) is 6.66. The van der Waals surface area contributed by atoms with E-state index < -0.39 is 0 Å². The van der Waals surface area contributed by atoms with Crippen molar-refractivity contribution in [3.63, 3.8) is 0 Å². The molecule has 21 heavy (non-hydrogen) atoms. The number of pyridine rings is 1. The van der Waals surface area contributed by atoms with Gasteiger partial charge >= 0.3 is 0 Å². The van der Waals surface area contributed by atoms with Crippen molar-refractivity contribution in [1.82, 2.24) is 10.3 Å². The Bertz CT molecular complexity index is 593. The third kappa shape index (κ3) is 3.86. The molecule has 0 atom stereocenters. The highest BCUT2D eigenvalue weighted by Gasteiger charge is 2.11. The fourth-order valence-electron chi connectivity index (χ4n) is 2.72. The second-order valence-electron chi connectivity index (χ2n) is 5.57. The molecule has 1 aromatic heterocycles. The quantitative estimate of drug-likeness (QED) is 0.808. The van der Waals surface area contributed by atoms with E-state index in [9.17, 15) is 0 Å². The van der Waals surface area contributed by atoms with E-state index in [1.54, 1.807) is 11.8 Å². The van der Waals surface area contributed by atoms with Gasteiger partial charge in [-0.05, 0) is 67.1 Å². The zero-order chi connectivity index (χ0) is 14.5. The molecule has 2 aromatic rings. The molecular formula is C18H22N2S. The highest BCUT2D eigenvalue weighted by Crippen LogP contribution is 2.31. The lowest BCUT2D eigenvalue weighted by Crippen LogP contribution is -2.13. The van der Waals surface area contributed by atoms with Crippen LogP contribution in [-0.4, -0.2) is 11.5 Å².